The molecule has 11 heteroatoms. The van der Waals surface area contributed by atoms with Crippen molar-refractivity contribution >= 4 is 21.8 Å². The molecule has 10 nitrogen and oxygen atoms in total. The second-order valence-corrected chi connectivity index (χ2v) is 9.76. The number of rotatable bonds is 10. The number of nitrogens with zero attached hydrogens (tertiary/aromatic N) is 2. The Kier molecular flexibility index (Phi) is 8.34. The zero-order valence-electron chi connectivity index (χ0n) is 17.7. The molecule has 1 fully saturated rings. The van der Waals surface area contributed by atoms with E-state index in [2.05, 4.69) is 10.1 Å². The molecule has 0 unspecified atom stereocenters. The Morgan fingerprint density at radius 1 is 1.16 bits per heavy atom. The van der Waals surface area contributed by atoms with Crippen molar-refractivity contribution in [3.8, 4) is 0 Å². The molecule has 3 N–H and O–H groups in total. The summed E-state index contributed by atoms with van der Waals surface area (Å²) in [6.07, 6.45) is 8.52. The topological polar surface area (TPSA) is 151 Å². The predicted molar refractivity (Wildman–Crippen MR) is 113 cm³/mol. The lowest BCUT2D eigenvalue weighted by atomic mass is 9.84. The number of amides is 2. The molecule has 0 aliphatic heterocycles. The van der Waals surface area contributed by atoms with E-state index >= 15 is 0 Å². The number of hydroxylamine groups is 1. The van der Waals surface area contributed by atoms with Crippen LogP contribution in [0.3, 0.4) is 0 Å². The number of nitrogens with one attached hydrogen (secondary N) is 2. The molecule has 0 bridgehead atoms. The molecule has 1 atom stereocenters. The van der Waals surface area contributed by atoms with Gasteiger partial charge in [0, 0.05) is 12.3 Å². The summed E-state index contributed by atoms with van der Waals surface area (Å²) in [5, 5.41) is 12.5. The van der Waals surface area contributed by atoms with Crippen molar-refractivity contribution in [3.05, 3.63) is 42.0 Å². The van der Waals surface area contributed by atoms with E-state index in [1.54, 1.807) is 11.5 Å². The van der Waals surface area contributed by atoms with Gasteiger partial charge in [0.25, 0.3) is 15.8 Å². The van der Waals surface area contributed by atoms with Crippen LogP contribution in [0.4, 0.5) is 0 Å². The third-order valence-corrected chi connectivity index (χ3v) is 7.07. The van der Waals surface area contributed by atoms with Crippen LogP contribution < -0.4 is 10.2 Å². The summed E-state index contributed by atoms with van der Waals surface area (Å²) in [4.78, 5) is 28.1. The average molecular weight is 465 g/mol. The van der Waals surface area contributed by atoms with Crippen LogP contribution in [0, 0.1) is 5.92 Å². The number of carbonyl (C=O) groups excluding carboxylic acids is 2. The summed E-state index contributed by atoms with van der Waals surface area (Å²) in [6.45, 7) is 0. The first-order chi connectivity index (χ1) is 15.4. The van der Waals surface area contributed by atoms with Crippen LogP contribution in [0.1, 0.15) is 80.2 Å². The highest BCUT2D eigenvalue weighted by molar-refractivity contribution is 7.90. The molecule has 174 valence electrons. The molecule has 0 spiro atoms. The van der Waals surface area contributed by atoms with E-state index in [1.165, 1.54) is 56.4 Å². The Morgan fingerprint density at radius 3 is 2.56 bits per heavy atom. The molecule has 32 heavy (non-hydrogen) atoms. The van der Waals surface area contributed by atoms with Crippen molar-refractivity contribution in [1.29, 1.82) is 0 Å². The van der Waals surface area contributed by atoms with Gasteiger partial charge in [0.05, 0.1) is 4.90 Å². The number of aromatic nitrogens is 2. The minimum absolute atomic E-state index is 0.0551. The SMILES string of the molecule is O=C(C[C@H](CCCC1CCCCC1)c1nc(C(=O)NS(=O)(=O)c2ccccc2)no1)NO. The van der Waals surface area contributed by atoms with Crippen molar-refractivity contribution in [1.82, 2.24) is 20.3 Å². The Labute approximate surface area is 186 Å². The monoisotopic (exact) mass is 464 g/mol. The molecule has 1 saturated carbocycles. The Bertz CT molecular complexity index is 1000. The van der Waals surface area contributed by atoms with Gasteiger partial charge in [0.2, 0.25) is 11.8 Å². The second-order valence-electron chi connectivity index (χ2n) is 8.07. The fraction of sp³-hybridized carbons (Fsp3) is 0.524. The maximum atomic E-state index is 12.4. The predicted octanol–water partition coefficient (Wildman–Crippen LogP) is 2.92. The smallest absolute Gasteiger partial charge is 0.306 e. The van der Waals surface area contributed by atoms with E-state index in [9.17, 15) is 18.0 Å². The maximum absolute atomic E-state index is 12.4. The minimum Gasteiger partial charge on any atom is -0.338 e. The molecule has 3 rings (SSSR count). The van der Waals surface area contributed by atoms with Crippen LogP contribution >= 0.6 is 0 Å². The highest BCUT2D eigenvalue weighted by Crippen LogP contribution is 2.31. The minimum atomic E-state index is -4.09. The molecule has 1 heterocycles. The number of sulfonamides is 1. The third kappa shape index (κ3) is 6.60. The van der Waals surface area contributed by atoms with E-state index in [0.717, 1.165) is 12.8 Å². The highest BCUT2D eigenvalue weighted by atomic mass is 32.2. The van der Waals surface area contributed by atoms with Crippen LogP contribution in [-0.2, 0) is 14.8 Å². The molecular formula is C21H28N4O6S. The maximum Gasteiger partial charge on any atom is 0.306 e. The van der Waals surface area contributed by atoms with Gasteiger partial charge in [0.15, 0.2) is 0 Å². The van der Waals surface area contributed by atoms with Crippen LogP contribution in [-0.4, -0.2) is 35.6 Å². The average Bonchev–Trinajstić information content (AvgIpc) is 3.30. The quantitative estimate of drug-likeness (QED) is 0.358. The standard InChI is InChI=1S/C21H28N4O6S/c26-18(23-28)14-16(11-7-10-15-8-3-1-4-9-15)21-22-19(24-31-21)20(27)25-32(29,30)17-12-5-2-6-13-17/h2,5-6,12-13,15-16,28H,1,3-4,7-11,14H2,(H,23,26)(H,25,27)/t16-/m0/s1. The third-order valence-electron chi connectivity index (χ3n) is 5.72. The van der Waals surface area contributed by atoms with E-state index in [4.69, 9.17) is 9.73 Å². The summed E-state index contributed by atoms with van der Waals surface area (Å²) >= 11 is 0. The van der Waals surface area contributed by atoms with E-state index in [-0.39, 0.29) is 17.2 Å². The normalized spacial score (nSPS) is 15.8. The van der Waals surface area contributed by atoms with E-state index in [1.807, 2.05) is 4.72 Å². The zero-order chi connectivity index (χ0) is 23.0. The van der Waals surface area contributed by atoms with E-state index < -0.39 is 33.6 Å². The summed E-state index contributed by atoms with van der Waals surface area (Å²) < 4.78 is 31.8. The van der Waals surface area contributed by atoms with Crippen molar-refractivity contribution in [2.45, 2.75) is 68.6 Å². The molecule has 0 radical (unpaired) electrons. The van der Waals surface area contributed by atoms with Crippen LogP contribution in [0.15, 0.2) is 39.8 Å². The van der Waals surface area contributed by atoms with Gasteiger partial charge < -0.3 is 4.52 Å². The number of hydrogen-bond donors (Lipinski definition) is 3. The van der Waals surface area contributed by atoms with Gasteiger partial charge in [0.1, 0.15) is 0 Å². The lowest BCUT2D eigenvalue weighted by molar-refractivity contribution is -0.129. The second kappa shape index (κ2) is 11.2. The lowest BCUT2D eigenvalue weighted by Crippen LogP contribution is -2.31. The van der Waals surface area contributed by atoms with Crippen LogP contribution in [0.25, 0.3) is 0 Å². The Hall–Kier alpha value is -2.79. The van der Waals surface area contributed by atoms with Gasteiger partial charge in [-0.1, -0.05) is 68.3 Å². The summed E-state index contributed by atoms with van der Waals surface area (Å²) in [6, 6.07) is 7.44. The van der Waals surface area contributed by atoms with Gasteiger partial charge >= 0.3 is 5.91 Å². The lowest BCUT2D eigenvalue weighted by Gasteiger charge is -2.22. The molecule has 2 amide bonds. The summed E-state index contributed by atoms with van der Waals surface area (Å²) in [5.41, 5.74) is 1.60. The van der Waals surface area contributed by atoms with Gasteiger partial charge in [-0.15, -0.1) is 0 Å². The Balaban J connectivity index is 1.65. The van der Waals surface area contributed by atoms with Gasteiger partial charge in [-0.2, -0.15) is 4.98 Å². The molecule has 0 saturated heterocycles. The molecule has 2 aromatic rings. The molecule has 1 aromatic carbocycles. The molecular weight excluding hydrogens is 436 g/mol. The van der Waals surface area contributed by atoms with Crippen molar-refractivity contribution in [2.75, 3.05) is 0 Å². The number of benzene rings is 1. The largest absolute Gasteiger partial charge is 0.338 e. The van der Waals surface area contributed by atoms with Crippen molar-refractivity contribution in [2.24, 2.45) is 5.92 Å². The number of carbonyl (C=O) groups is 2. The molecule has 1 aromatic heterocycles. The van der Waals surface area contributed by atoms with Crippen molar-refractivity contribution < 1.29 is 27.7 Å². The fourth-order valence-electron chi connectivity index (χ4n) is 4.03. The van der Waals surface area contributed by atoms with Gasteiger partial charge in [-0.25, -0.2) is 18.6 Å². The van der Waals surface area contributed by atoms with Crippen molar-refractivity contribution in [3.63, 3.8) is 0 Å². The molecule has 1 aliphatic rings. The van der Waals surface area contributed by atoms with Gasteiger partial charge in [-0.3, -0.25) is 14.8 Å². The fourth-order valence-corrected chi connectivity index (χ4v) is 5.00. The van der Waals surface area contributed by atoms with E-state index in [0.29, 0.717) is 12.3 Å². The highest BCUT2D eigenvalue weighted by Gasteiger charge is 2.27. The van der Waals surface area contributed by atoms with Crippen LogP contribution in [0.5, 0.6) is 0 Å². The Morgan fingerprint density at radius 2 is 1.88 bits per heavy atom. The number of hydrogen-bond acceptors (Lipinski definition) is 8. The first-order valence-corrected chi connectivity index (χ1v) is 12.3. The summed E-state index contributed by atoms with van der Waals surface area (Å²) in [7, 11) is -4.09. The first kappa shape index (κ1) is 23.9. The summed E-state index contributed by atoms with van der Waals surface area (Å²) in [5.74, 6) is -1.85. The molecule has 1 aliphatic carbocycles. The van der Waals surface area contributed by atoms with Gasteiger partial charge in [-0.05, 0) is 24.5 Å². The van der Waals surface area contributed by atoms with Crippen LogP contribution in [0.2, 0.25) is 0 Å². The zero-order valence-corrected chi connectivity index (χ0v) is 18.5. The first-order valence-electron chi connectivity index (χ1n) is 10.8.